The van der Waals surface area contributed by atoms with E-state index >= 15 is 0 Å². The molecule has 19 heavy (non-hydrogen) atoms. The number of aromatic nitrogens is 1. The van der Waals surface area contributed by atoms with Gasteiger partial charge >= 0.3 is 0 Å². The van der Waals surface area contributed by atoms with Crippen LogP contribution in [0.25, 0.3) is 6.08 Å². The lowest BCUT2D eigenvalue weighted by molar-refractivity contribution is -0.384. The maximum Gasteiger partial charge on any atom is 0.269 e. The minimum absolute atomic E-state index is 0.0256. The molecule has 0 saturated heterocycles. The summed E-state index contributed by atoms with van der Waals surface area (Å²) in [6.07, 6.45) is 6.14. The van der Waals surface area contributed by atoms with Gasteiger partial charge in [-0.1, -0.05) is 6.08 Å². The molecule has 0 aliphatic rings. The summed E-state index contributed by atoms with van der Waals surface area (Å²) in [6.45, 7) is 0. The highest BCUT2D eigenvalue weighted by Gasteiger charge is 2.03. The fraction of sp³-hybridized carbons (Fsp3) is 0. The number of hydrogen-bond donors (Lipinski definition) is 0. The van der Waals surface area contributed by atoms with E-state index in [9.17, 15) is 14.9 Å². The van der Waals surface area contributed by atoms with Crippen molar-refractivity contribution in [1.82, 2.24) is 4.98 Å². The fourth-order valence-electron chi connectivity index (χ4n) is 1.49. The molecule has 0 spiro atoms. The lowest BCUT2D eigenvalue weighted by Gasteiger charge is -1.95. The van der Waals surface area contributed by atoms with Crippen LogP contribution in [0.15, 0.2) is 54.9 Å². The first-order valence-corrected chi connectivity index (χ1v) is 5.54. The van der Waals surface area contributed by atoms with Crippen molar-refractivity contribution in [2.75, 3.05) is 0 Å². The predicted octanol–water partition coefficient (Wildman–Crippen LogP) is 2.89. The highest BCUT2D eigenvalue weighted by molar-refractivity contribution is 6.06. The Balaban J connectivity index is 2.10. The van der Waals surface area contributed by atoms with Gasteiger partial charge in [-0.25, -0.2) is 0 Å². The molecule has 0 amide bonds. The van der Waals surface area contributed by atoms with Crippen molar-refractivity contribution < 1.29 is 9.72 Å². The highest BCUT2D eigenvalue weighted by Crippen LogP contribution is 2.13. The molecule has 0 fully saturated rings. The molecule has 1 aromatic heterocycles. The Morgan fingerprint density at radius 3 is 2.32 bits per heavy atom. The Labute approximate surface area is 109 Å². The van der Waals surface area contributed by atoms with Gasteiger partial charge in [-0.3, -0.25) is 19.9 Å². The van der Waals surface area contributed by atoms with E-state index in [2.05, 4.69) is 4.98 Å². The molecular weight excluding hydrogens is 244 g/mol. The topological polar surface area (TPSA) is 73.1 Å². The molecule has 2 aromatic rings. The minimum atomic E-state index is -0.463. The summed E-state index contributed by atoms with van der Waals surface area (Å²) in [5.41, 5.74) is 1.30. The zero-order valence-electron chi connectivity index (χ0n) is 9.89. The molecule has 0 bridgehead atoms. The van der Waals surface area contributed by atoms with Crippen LogP contribution >= 0.6 is 0 Å². The third kappa shape index (κ3) is 3.32. The van der Waals surface area contributed by atoms with Crippen LogP contribution in [-0.4, -0.2) is 15.7 Å². The van der Waals surface area contributed by atoms with Gasteiger partial charge in [-0.15, -0.1) is 0 Å². The van der Waals surface area contributed by atoms with Crippen molar-refractivity contribution in [2.24, 2.45) is 0 Å². The second-order valence-corrected chi connectivity index (χ2v) is 3.78. The molecule has 0 atom stereocenters. The van der Waals surface area contributed by atoms with E-state index in [-0.39, 0.29) is 11.5 Å². The molecule has 94 valence electrons. The van der Waals surface area contributed by atoms with Gasteiger partial charge in [0, 0.05) is 30.1 Å². The van der Waals surface area contributed by atoms with Gasteiger partial charge in [-0.2, -0.15) is 0 Å². The van der Waals surface area contributed by atoms with Crippen LogP contribution in [0.4, 0.5) is 5.69 Å². The Morgan fingerprint density at radius 1 is 1.11 bits per heavy atom. The molecule has 0 radical (unpaired) electrons. The van der Waals surface area contributed by atoms with Gasteiger partial charge in [0.15, 0.2) is 5.78 Å². The largest absolute Gasteiger partial charge is 0.289 e. The van der Waals surface area contributed by atoms with E-state index in [1.165, 1.54) is 18.2 Å². The molecule has 1 heterocycles. The number of nitrogens with zero attached hydrogens (tertiary/aromatic N) is 2. The molecular formula is C14H10N2O3. The van der Waals surface area contributed by atoms with Gasteiger partial charge in [0.05, 0.1) is 4.92 Å². The van der Waals surface area contributed by atoms with Gasteiger partial charge in [0.2, 0.25) is 0 Å². The molecule has 0 aliphatic carbocycles. The average molecular weight is 254 g/mol. The third-order valence-corrected chi connectivity index (χ3v) is 2.50. The van der Waals surface area contributed by atoms with Gasteiger partial charge in [-0.05, 0) is 35.9 Å². The fourth-order valence-corrected chi connectivity index (χ4v) is 1.49. The SMILES string of the molecule is O=C(C=Cc1ccc([N+](=O)[O-])cc1)c1ccncc1. The number of benzene rings is 1. The van der Waals surface area contributed by atoms with Crippen LogP contribution in [0.1, 0.15) is 15.9 Å². The second kappa shape index (κ2) is 5.68. The molecule has 0 N–H and O–H groups in total. The number of nitro benzene ring substituents is 1. The number of ketones is 1. The number of carbonyl (C=O) groups excluding carboxylic acids is 1. The monoisotopic (exact) mass is 254 g/mol. The number of carbonyl (C=O) groups is 1. The highest BCUT2D eigenvalue weighted by atomic mass is 16.6. The van der Waals surface area contributed by atoms with Crippen LogP contribution in [-0.2, 0) is 0 Å². The van der Waals surface area contributed by atoms with Crippen molar-refractivity contribution in [2.45, 2.75) is 0 Å². The molecule has 1 aromatic carbocycles. The summed E-state index contributed by atoms with van der Waals surface area (Å²) in [5, 5.41) is 10.5. The zero-order chi connectivity index (χ0) is 13.7. The van der Waals surface area contributed by atoms with E-state index in [0.717, 1.165) is 5.56 Å². The number of hydrogen-bond acceptors (Lipinski definition) is 4. The molecule has 0 unspecified atom stereocenters. The Hall–Kier alpha value is -2.82. The van der Waals surface area contributed by atoms with Crippen LogP contribution in [0, 0.1) is 10.1 Å². The van der Waals surface area contributed by atoms with E-state index in [0.29, 0.717) is 5.56 Å². The summed E-state index contributed by atoms with van der Waals surface area (Å²) < 4.78 is 0. The third-order valence-electron chi connectivity index (χ3n) is 2.50. The lowest BCUT2D eigenvalue weighted by atomic mass is 10.1. The lowest BCUT2D eigenvalue weighted by Crippen LogP contribution is -1.93. The normalized spacial score (nSPS) is 10.5. The molecule has 5 nitrogen and oxygen atoms in total. The van der Waals surface area contributed by atoms with Gasteiger partial charge in [0.25, 0.3) is 5.69 Å². The van der Waals surface area contributed by atoms with E-state index < -0.39 is 4.92 Å². The summed E-state index contributed by atoms with van der Waals surface area (Å²) >= 11 is 0. The number of pyridine rings is 1. The first-order chi connectivity index (χ1) is 9.16. The zero-order valence-corrected chi connectivity index (χ0v) is 9.89. The average Bonchev–Trinajstić information content (AvgIpc) is 2.46. The number of non-ortho nitro benzene ring substituents is 1. The van der Waals surface area contributed by atoms with Crippen molar-refractivity contribution >= 4 is 17.5 Å². The van der Waals surface area contributed by atoms with E-state index in [1.807, 2.05) is 0 Å². The van der Waals surface area contributed by atoms with E-state index in [4.69, 9.17) is 0 Å². The second-order valence-electron chi connectivity index (χ2n) is 3.78. The quantitative estimate of drug-likeness (QED) is 0.364. The molecule has 0 saturated carbocycles. The maximum atomic E-state index is 11.8. The van der Waals surface area contributed by atoms with Crippen molar-refractivity contribution in [3.8, 4) is 0 Å². The van der Waals surface area contributed by atoms with Gasteiger partial charge < -0.3 is 0 Å². The standard InChI is InChI=1S/C14H10N2O3/c17-14(12-7-9-15-10-8-12)6-3-11-1-4-13(5-2-11)16(18)19/h1-10H. The van der Waals surface area contributed by atoms with Crippen LogP contribution in [0.2, 0.25) is 0 Å². The molecule has 5 heteroatoms. The van der Waals surface area contributed by atoms with Crippen molar-refractivity contribution in [3.63, 3.8) is 0 Å². The molecule has 2 rings (SSSR count). The summed E-state index contributed by atoms with van der Waals surface area (Å²) in [5.74, 6) is -0.138. The Kier molecular flexibility index (Phi) is 3.78. The summed E-state index contributed by atoms with van der Waals surface area (Å²) in [4.78, 5) is 25.6. The smallest absolute Gasteiger partial charge is 0.269 e. The van der Waals surface area contributed by atoms with E-state index in [1.54, 1.807) is 42.7 Å². The first kappa shape index (κ1) is 12.6. The maximum absolute atomic E-state index is 11.8. The number of nitro groups is 1. The van der Waals surface area contributed by atoms with Gasteiger partial charge in [0.1, 0.15) is 0 Å². The number of allylic oxidation sites excluding steroid dienone is 1. The summed E-state index contributed by atoms with van der Waals surface area (Å²) in [7, 11) is 0. The van der Waals surface area contributed by atoms with Crippen molar-refractivity contribution in [3.05, 3.63) is 76.1 Å². The molecule has 0 aliphatic heterocycles. The van der Waals surface area contributed by atoms with Crippen LogP contribution < -0.4 is 0 Å². The minimum Gasteiger partial charge on any atom is -0.289 e. The first-order valence-electron chi connectivity index (χ1n) is 5.54. The number of rotatable bonds is 4. The summed E-state index contributed by atoms with van der Waals surface area (Å²) in [6, 6.07) is 9.24. The predicted molar refractivity (Wildman–Crippen MR) is 70.7 cm³/mol. The Bertz CT molecular complexity index is 619. The van der Waals surface area contributed by atoms with Crippen LogP contribution in [0.3, 0.4) is 0 Å². The Morgan fingerprint density at radius 2 is 1.74 bits per heavy atom. The van der Waals surface area contributed by atoms with Crippen molar-refractivity contribution in [1.29, 1.82) is 0 Å². The van der Waals surface area contributed by atoms with Crippen LogP contribution in [0.5, 0.6) is 0 Å².